The number of aliphatic hydroxyl groups is 1. The quantitative estimate of drug-likeness (QED) is 0.249. The number of hydrogen-bond donors (Lipinski definition) is 1. The minimum absolute atomic E-state index is 0.256. The molecule has 2 rings (SSSR count). The first-order valence-corrected chi connectivity index (χ1v) is 11.9. The number of carbonyl (C=O) groups is 1. The van der Waals surface area contributed by atoms with Crippen molar-refractivity contribution in [2.45, 2.75) is 25.3 Å². The number of rotatable bonds is 16. The number of aliphatic hydroxyl groups excluding tert-OH is 1. The summed E-state index contributed by atoms with van der Waals surface area (Å²) in [6.07, 6.45) is 4.04. The molecular formula is C21H31Br2NO6. The molecule has 1 atom stereocenters. The van der Waals surface area contributed by atoms with Crippen LogP contribution < -0.4 is 4.74 Å². The minimum atomic E-state index is 0.256. The highest BCUT2D eigenvalue weighted by Crippen LogP contribution is 2.34. The molecule has 1 N–H and O–H groups in total. The molecule has 170 valence electrons. The highest BCUT2D eigenvalue weighted by molar-refractivity contribution is 9.11. The summed E-state index contributed by atoms with van der Waals surface area (Å²) in [4.78, 5) is 13.2. The zero-order chi connectivity index (χ0) is 21.6. The Bertz CT molecular complexity index is 611. The van der Waals surface area contributed by atoms with Crippen LogP contribution in [0.15, 0.2) is 21.1 Å². The first-order chi connectivity index (χ1) is 14.7. The van der Waals surface area contributed by atoms with E-state index < -0.39 is 0 Å². The van der Waals surface area contributed by atoms with Crippen molar-refractivity contribution in [2.24, 2.45) is 0 Å². The molecule has 1 aliphatic rings. The Labute approximate surface area is 195 Å². The average Bonchev–Trinajstić information content (AvgIpc) is 3.20. The summed E-state index contributed by atoms with van der Waals surface area (Å²) in [6.45, 7) is 6.00. The van der Waals surface area contributed by atoms with Crippen LogP contribution in [0.3, 0.4) is 0 Å². The minimum Gasteiger partial charge on any atom is -0.489 e. The van der Waals surface area contributed by atoms with Gasteiger partial charge in [0.1, 0.15) is 18.6 Å². The Morgan fingerprint density at radius 2 is 1.60 bits per heavy atom. The lowest BCUT2D eigenvalue weighted by Crippen LogP contribution is -2.33. The number of hydrogen-bond acceptors (Lipinski definition) is 7. The highest BCUT2D eigenvalue weighted by Gasteiger charge is 2.22. The van der Waals surface area contributed by atoms with Crippen LogP contribution in [-0.4, -0.2) is 88.3 Å². The van der Waals surface area contributed by atoms with Crippen LogP contribution in [-0.2, 0) is 14.2 Å². The largest absolute Gasteiger partial charge is 0.489 e. The fourth-order valence-electron chi connectivity index (χ4n) is 3.30. The van der Waals surface area contributed by atoms with Crippen molar-refractivity contribution in [1.29, 1.82) is 0 Å². The van der Waals surface area contributed by atoms with E-state index in [4.69, 9.17) is 18.9 Å². The molecule has 1 saturated heterocycles. The predicted molar refractivity (Wildman–Crippen MR) is 121 cm³/mol. The molecule has 1 fully saturated rings. The van der Waals surface area contributed by atoms with Gasteiger partial charge < -0.3 is 24.1 Å². The molecule has 0 radical (unpaired) electrons. The van der Waals surface area contributed by atoms with E-state index in [1.165, 1.54) is 6.42 Å². The van der Waals surface area contributed by atoms with Gasteiger partial charge in [-0.2, -0.15) is 0 Å². The lowest BCUT2D eigenvalue weighted by Gasteiger charge is -2.22. The summed E-state index contributed by atoms with van der Waals surface area (Å²) in [7, 11) is 0. The SMILES string of the molecule is O=Cc1cc(Br)c(OCCOCCOCCOCCCN2CCCC2CO)c(Br)c1. The smallest absolute Gasteiger partial charge is 0.150 e. The molecule has 0 amide bonds. The monoisotopic (exact) mass is 551 g/mol. The van der Waals surface area contributed by atoms with Gasteiger partial charge in [-0.05, 0) is 69.8 Å². The summed E-state index contributed by atoms with van der Waals surface area (Å²) >= 11 is 6.79. The second-order valence-electron chi connectivity index (χ2n) is 6.99. The summed E-state index contributed by atoms with van der Waals surface area (Å²) in [5, 5.41) is 9.30. The van der Waals surface area contributed by atoms with Gasteiger partial charge in [-0.1, -0.05) is 0 Å². The maximum Gasteiger partial charge on any atom is 0.150 e. The van der Waals surface area contributed by atoms with Gasteiger partial charge in [0.15, 0.2) is 0 Å². The summed E-state index contributed by atoms with van der Waals surface area (Å²) in [6, 6.07) is 3.76. The Morgan fingerprint density at radius 3 is 2.20 bits per heavy atom. The van der Waals surface area contributed by atoms with Gasteiger partial charge in [-0.3, -0.25) is 9.69 Å². The van der Waals surface area contributed by atoms with Gasteiger partial charge in [-0.15, -0.1) is 0 Å². The first kappa shape index (κ1) is 25.7. The molecule has 1 unspecified atom stereocenters. The Hall–Kier alpha value is -0.550. The second kappa shape index (κ2) is 15.3. The number of carbonyl (C=O) groups excluding carboxylic acids is 1. The van der Waals surface area contributed by atoms with Gasteiger partial charge >= 0.3 is 0 Å². The Morgan fingerprint density at radius 1 is 1.00 bits per heavy atom. The molecule has 30 heavy (non-hydrogen) atoms. The van der Waals surface area contributed by atoms with E-state index in [1.807, 2.05) is 0 Å². The van der Waals surface area contributed by atoms with Crippen molar-refractivity contribution in [3.05, 3.63) is 26.6 Å². The van der Waals surface area contributed by atoms with E-state index in [-0.39, 0.29) is 6.61 Å². The highest BCUT2D eigenvalue weighted by atomic mass is 79.9. The van der Waals surface area contributed by atoms with Gasteiger partial charge in [0.2, 0.25) is 0 Å². The zero-order valence-electron chi connectivity index (χ0n) is 17.2. The van der Waals surface area contributed by atoms with Crippen molar-refractivity contribution < 1.29 is 28.8 Å². The normalized spacial score (nSPS) is 16.8. The van der Waals surface area contributed by atoms with Crippen molar-refractivity contribution >= 4 is 38.1 Å². The number of benzene rings is 1. The van der Waals surface area contributed by atoms with E-state index in [1.54, 1.807) is 12.1 Å². The summed E-state index contributed by atoms with van der Waals surface area (Å²) in [5.41, 5.74) is 0.570. The topological polar surface area (TPSA) is 77.5 Å². The zero-order valence-corrected chi connectivity index (χ0v) is 20.4. The number of likely N-dealkylation sites (tertiary alicyclic amines) is 1. The number of aldehydes is 1. The van der Waals surface area contributed by atoms with Crippen molar-refractivity contribution in [3.8, 4) is 5.75 Å². The van der Waals surface area contributed by atoms with E-state index >= 15 is 0 Å². The predicted octanol–water partition coefficient (Wildman–Crippen LogP) is 3.30. The molecule has 7 nitrogen and oxygen atoms in total. The lowest BCUT2D eigenvalue weighted by atomic mass is 10.2. The fraction of sp³-hybridized carbons (Fsp3) is 0.667. The summed E-state index contributed by atoms with van der Waals surface area (Å²) < 4.78 is 23.7. The van der Waals surface area contributed by atoms with E-state index in [9.17, 15) is 9.90 Å². The first-order valence-electron chi connectivity index (χ1n) is 10.3. The van der Waals surface area contributed by atoms with Crippen molar-refractivity contribution in [3.63, 3.8) is 0 Å². The average molecular weight is 553 g/mol. The van der Waals surface area contributed by atoms with Gasteiger partial charge in [0.05, 0.1) is 48.6 Å². The van der Waals surface area contributed by atoms with Gasteiger partial charge in [-0.25, -0.2) is 0 Å². The molecule has 1 aromatic carbocycles. The number of nitrogens with zero attached hydrogens (tertiary/aromatic N) is 1. The molecule has 0 aliphatic carbocycles. The Kier molecular flexibility index (Phi) is 13.1. The van der Waals surface area contributed by atoms with Crippen molar-refractivity contribution in [1.82, 2.24) is 4.90 Å². The third kappa shape index (κ3) is 9.30. The van der Waals surface area contributed by atoms with Gasteiger partial charge in [0.25, 0.3) is 0 Å². The van der Waals surface area contributed by atoms with Crippen LogP contribution in [0, 0.1) is 0 Å². The fourth-order valence-corrected chi connectivity index (χ4v) is 4.75. The van der Waals surface area contributed by atoms with Gasteiger partial charge in [0, 0.05) is 24.8 Å². The molecule has 9 heteroatoms. The van der Waals surface area contributed by atoms with Crippen molar-refractivity contribution in [2.75, 3.05) is 65.9 Å². The standard InChI is InChI=1S/C21H31Br2NO6/c22-19-13-17(15-25)14-20(23)21(19)30-12-11-29-10-9-28-8-7-27-6-2-5-24-4-1-3-18(24)16-26/h13-15,18,26H,1-12,16H2. The van der Waals surface area contributed by atoms with Crippen LogP contribution in [0.25, 0.3) is 0 Å². The lowest BCUT2D eigenvalue weighted by molar-refractivity contribution is 0.00767. The molecule has 1 heterocycles. The van der Waals surface area contributed by atoms with E-state index in [0.717, 1.165) is 41.2 Å². The summed E-state index contributed by atoms with van der Waals surface area (Å²) in [5.74, 6) is 0.647. The van der Waals surface area contributed by atoms with E-state index in [2.05, 4.69) is 36.8 Å². The molecule has 1 aromatic rings. The molecule has 0 bridgehead atoms. The third-order valence-corrected chi connectivity index (χ3v) is 6.00. The van der Waals surface area contributed by atoms with Crippen LogP contribution in [0.4, 0.5) is 0 Å². The molecule has 0 saturated carbocycles. The van der Waals surface area contributed by atoms with Crippen LogP contribution >= 0.6 is 31.9 Å². The second-order valence-corrected chi connectivity index (χ2v) is 8.69. The number of ether oxygens (including phenoxy) is 4. The Balaban J connectivity index is 1.39. The number of halogens is 2. The van der Waals surface area contributed by atoms with Crippen LogP contribution in [0.2, 0.25) is 0 Å². The molecule has 0 aromatic heterocycles. The maximum absolute atomic E-state index is 10.8. The van der Waals surface area contributed by atoms with Crippen LogP contribution in [0.1, 0.15) is 29.6 Å². The maximum atomic E-state index is 10.8. The molecular weight excluding hydrogens is 522 g/mol. The van der Waals surface area contributed by atoms with E-state index in [0.29, 0.717) is 63.6 Å². The van der Waals surface area contributed by atoms with Crippen LogP contribution in [0.5, 0.6) is 5.75 Å². The third-order valence-electron chi connectivity index (χ3n) is 4.82. The molecule has 1 aliphatic heterocycles. The molecule has 0 spiro atoms.